The van der Waals surface area contributed by atoms with Gasteiger partial charge in [-0.2, -0.15) is 0 Å². The fourth-order valence-electron chi connectivity index (χ4n) is 4.66. The van der Waals surface area contributed by atoms with E-state index in [1.807, 2.05) is 24.3 Å². The molecule has 6 rings (SSSR count). The maximum atomic E-state index is 13.2. The molecule has 4 aromatic rings. The van der Waals surface area contributed by atoms with E-state index in [-0.39, 0.29) is 17.2 Å². The summed E-state index contributed by atoms with van der Waals surface area (Å²) < 4.78 is 7.50. The number of nitrogens with one attached hydrogen (secondary N) is 1. The number of para-hydroxylation sites is 1. The highest BCUT2D eigenvalue weighted by atomic mass is 32.2. The minimum atomic E-state index is -0.0618. The van der Waals surface area contributed by atoms with E-state index in [4.69, 9.17) is 14.7 Å². The van der Waals surface area contributed by atoms with Gasteiger partial charge in [-0.1, -0.05) is 23.9 Å². The maximum absolute atomic E-state index is 13.2. The topological polar surface area (TPSA) is 89.9 Å². The Morgan fingerprint density at radius 3 is 2.97 bits per heavy atom. The Morgan fingerprint density at radius 1 is 1.19 bits per heavy atom. The summed E-state index contributed by atoms with van der Waals surface area (Å²) >= 11 is 3.07. The molecule has 9 heteroatoms. The van der Waals surface area contributed by atoms with E-state index in [9.17, 15) is 9.59 Å². The van der Waals surface area contributed by atoms with Gasteiger partial charge in [0.05, 0.1) is 34.7 Å². The average molecular weight is 467 g/mol. The molecule has 1 N–H and O–H groups in total. The zero-order valence-corrected chi connectivity index (χ0v) is 19.1. The first-order chi connectivity index (χ1) is 15.7. The highest BCUT2D eigenvalue weighted by Gasteiger charge is 2.22. The second kappa shape index (κ2) is 8.13. The fourth-order valence-corrected chi connectivity index (χ4v) is 6.82. The summed E-state index contributed by atoms with van der Waals surface area (Å²) in [7, 11) is 0. The highest BCUT2D eigenvalue weighted by molar-refractivity contribution is 7.98. The van der Waals surface area contributed by atoms with Crippen molar-refractivity contribution in [2.45, 2.75) is 55.7 Å². The first kappa shape index (κ1) is 20.1. The summed E-state index contributed by atoms with van der Waals surface area (Å²) in [6.07, 6.45) is 5.10. The van der Waals surface area contributed by atoms with Crippen molar-refractivity contribution in [3.63, 3.8) is 0 Å². The van der Waals surface area contributed by atoms with Gasteiger partial charge in [0.25, 0.3) is 11.1 Å². The van der Waals surface area contributed by atoms with Crippen LogP contribution < -0.4 is 11.1 Å². The molecule has 0 saturated carbocycles. The molecule has 7 nitrogen and oxygen atoms in total. The number of thiophene rings is 1. The molecule has 0 amide bonds. The molecule has 0 spiro atoms. The average Bonchev–Trinajstić information content (AvgIpc) is 3.52. The number of benzene rings is 1. The van der Waals surface area contributed by atoms with Gasteiger partial charge in [0.15, 0.2) is 5.16 Å². The lowest BCUT2D eigenvalue weighted by molar-refractivity contribution is 0.0937. The lowest BCUT2D eigenvalue weighted by atomic mass is 10.2. The van der Waals surface area contributed by atoms with Gasteiger partial charge in [-0.25, -0.2) is 9.97 Å². The smallest absolute Gasteiger partial charge is 0.262 e. The third-order valence-corrected chi connectivity index (χ3v) is 8.37. The predicted molar refractivity (Wildman–Crippen MR) is 127 cm³/mol. The molecular formula is C23H22N4O3S2. The molecule has 1 unspecified atom stereocenters. The Hall–Kier alpha value is -2.49. The van der Waals surface area contributed by atoms with Gasteiger partial charge in [-0.15, -0.1) is 11.3 Å². The number of aryl methyl sites for hydroxylation is 2. The zero-order chi connectivity index (χ0) is 21.7. The molecule has 1 saturated heterocycles. The number of thioether (sulfide) groups is 1. The third-order valence-electron chi connectivity index (χ3n) is 6.20. The van der Waals surface area contributed by atoms with Gasteiger partial charge < -0.3 is 9.72 Å². The van der Waals surface area contributed by atoms with Crippen LogP contribution in [0.1, 0.15) is 35.5 Å². The van der Waals surface area contributed by atoms with E-state index in [2.05, 4.69) is 4.98 Å². The normalized spacial score (nSPS) is 18.1. The first-order valence-electron chi connectivity index (χ1n) is 10.9. The predicted octanol–water partition coefficient (Wildman–Crippen LogP) is 3.65. The number of fused-ring (bicyclic) bond motifs is 4. The molecule has 2 aliphatic rings. The molecular weight excluding hydrogens is 444 g/mol. The Labute approximate surface area is 191 Å². The number of aromatic nitrogens is 4. The van der Waals surface area contributed by atoms with Gasteiger partial charge in [-0.3, -0.25) is 14.2 Å². The van der Waals surface area contributed by atoms with Crippen LogP contribution in [0, 0.1) is 0 Å². The van der Waals surface area contributed by atoms with Crippen LogP contribution in [-0.2, 0) is 29.9 Å². The van der Waals surface area contributed by atoms with Crippen LogP contribution >= 0.6 is 23.1 Å². The summed E-state index contributed by atoms with van der Waals surface area (Å²) in [5.41, 5.74) is 1.74. The van der Waals surface area contributed by atoms with Crippen LogP contribution in [0.25, 0.3) is 21.1 Å². The van der Waals surface area contributed by atoms with Gasteiger partial charge >= 0.3 is 0 Å². The zero-order valence-electron chi connectivity index (χ0n) is 17.4. The van der Waals surface area contributed by atoms with E-state index in [0.29, 0.717) is 34.2 Å². The van der Waals surface area contributed by atoms with E-state index in [1.165, 1.54) is 22.2 Å². The number of hydrogen-bond donors (Lipinski definition) is 1. The molecule has 32 heavy (non-hydrogen) atoms. The fraction of sp³-hybridized carbons (Fsp3) is 0.391. The van der Waals surface area contributed by atoms with Gasteiger partial charge in [0, 0.05) is 11.5 Å². The molecule has 1 fully saturated rings. The van der Waals surface area contributed by atoms with Crippen molar-refractivity contribution in [2.75, 3.05) is 6.61 Å². The Bertz CT molecular complexity index is 1450. The van der Waals surface area contributed by atoms with Crippen LogP contribution in [0.5, 0.6) is 0 Å². The van der Waals surface area contributed by atoms with Crippen molar-refractivity contribution in [1.82, 2.24) is 19.5 Å². The second-order valence-electron chi connectivity index (χ2n) is 8.30. The lowest BCUT2D eigenvalue weighted by Crippen LogP contribution is -2.28. The van der Waals surface area contributed by atoms with Crippen molar-refractivity contribution >= 4 is 44.2 Å². The Balaban J connectivity index is 1.35. The van der Waals surface area contributed by atoms with Gasteiger partial charge in [-0.05, 0) is 49.8 Å². The number of aromatic amines is 1. The van der Waals surface area contributed by atoms with Gasteiger partial charge in [0.1, 0.15) is 10.7 Å². The van der Waals surface area contributed by atoms with Crippen LogP contribution in [-0.4, -0.2) is 32.2 Å². The van der Waals surface area contributed by atoms with Crippen LogP contribution in [0.15, 0.2) is 39.0 Å². The second-order valence-corrected chi connectivity index (χ2v) is 10.3. The summed E-state index contributed by atoms with van der Waals surface area (Å²) in [5.74, 6) is 1.04. The summed E-state index contributed by atoms with van der Waals surface area (Å²) in [6.45, 7) is 1.22. The molecule has 0 bridgehead atoms. The van der Waals surface area contributed by atoms with Crippen molar-refractivity contribution in [3.05, 3.63) is 61.2 Å². The summed E-state index contributed by atoms with van der Waals surface area (Å²) in [4.78, 5) is 40.6. The number of rotatable bonds is 5. The number of hydrogen-bond acceptors (Lipinski definition) is 7. The van der Waals surface area contributed by atoms with E-state index in [1.54, 1.807) is 15.9 Å². The van der Waals surface area contributed by atoms with Crippen LogP contribution in [0.4, 0.5) is 0 Å². The molecule has 0 radical (unpaired) electrons. The van der Waals surface area contributed by atoms with Gasteiger partial charge in [0.2, 0.25) is 0 Å². The quantitative estimate of drug-likeness (QED) is 0.357. The molecule has 1 aliphatic carbocycles. The van der Waals surface area contributed by atoms with E-state index >= 15 is 0 Å². The summed E-state index contributed by atoms with van der Waals surface area (Å²) in [5, 5.41) is 1.99. The maximum Gasteiger partial charge on any atom is 0.262 e. The van der Waals surface area contributed by atoms with E-state index < -0.39 is 0 Å². The minimum absolute atomic E-state index is 0.0257. The molecule has 3 aromatic heterocycles. The Morgan fingerprint density at radius 2 is 2.09 bits per heavy atom. The van der Waals surface area contributed by atoms with Crippen LogP contribution in [0.3, 0.4) is 0 Å². The van der Waals surface area contributed by atoms with Crippen molar-refractivity contribution in [2.24, 2.45) is 0 Å². The molecule has 164 valence electrons. The van der Waals surface area contributed by atoms with Crippen molar-refractivity contribution in [1.29, 1.82) is 0 Å². The van der Waals surface area contributed by atoms with Crippen molar-refractivity contribution < 1.29 is 4.74 Å². The summed E-state index contributed by atoms with van der Waals surface area (Å²) in [6, 6.07) is 7.41. The molecule has 1 aliphatic heterocycles. The minimum Gasteiger partial charge on any atom is -0.376 e. The standard InChI is InChI=1S/C23H22N4O3S2/c28-20-19-15-7-3-9-17(15)32-21(19)26-18(25-20)12-31-23-24-16-8-2-1-6-14(16)22(29)27(23)11-13-5-4-10-30-13/h1-2,6,8,13H,3-5,7,9-12H2,(H,25,26,28). The first-order valence-corrected chi connectivity index (χ1v) is 12.7. The highest BCUT2D eigenvalue weighted by Crippen LogP contribution is 2.34. The van der Waals surface area contributed by atoms with Crippen LogP contribution in [0.2, 0.25) is 0 Å². The van der Waals surface area contributed by atoms with Crippen molar-refractivity contribution in [3.8, 4) is 0 Å². The number of H-pyrrole nitrogens is 1. The number of nitrogens with zero attached hydrogens (tertiary/aromatic N) is 3. The largest absolute Gasteiger partial charge is 0.376 e. The molecule has 4 heterocycles. The molecule has 1 atom stereocenters. The SMILES string of the molecule is O=c1[nH]c(CSc2nc3ccccc3c(=O)n2CC2CCCO2)nc2sc3c(c12)CCC3. The molecule has 1 aromatic carbocycles. The lowest BCUT2D eigenvalue weighted by Gasteiger charge is -2.16. The Kier molecular flexibility index (Phi) is 5.12. The monoisotopic (exact) mass is 466 g/mol. The van der Waals surface area contributed by atoms with E-state index in [0.717, 1.165) is 48.9 Å². The number of ether oxygens (including phenoxy) is 1. The third kappa shape index (κ3) is 3.48.